The van der Waals surface area contributed by atoms with Crippen LogP contribution in [0.15, 0.2) is 48.5 Å². The summed E-state index contributed by atoms with van der Waals surface area (Å²) in [6.07, 6.45) is 0. The third-order valence-electron chi connectivity index (χ3n) is 3.38. The summed E-state index contributed by atoms with van der Waals surface area (Å²) in [6, 6.07) is 11.4. The Morgan fingerprint density at radius 1 is 1.00 bits per heavy atom. The van der Waals surface area contributed by atoms with Gasteiger partial charge in [0.05, 0.1) is 17.0 Å². The van der Waals surface area contributed by atoms with Gasteiger partial charge in [0.15, 0.2) is 0 Å². The standard InChI is InChI=1S/C17H17FN4O4/c18-15-4-2-1-3-14(15)17(24)21-11-16(23)20-10-9-19-12-5-7-13(8-6-12)22(25)26/h1-8,19H,9-11H2,(H,20,23)(H,21,24). The molecule has 2 aromatic rings. The van der Waals surface area contributed by atoms with E-state index >= 15 is 0 Å². The van der Waals surface area contributed by atoms with Gasteiger partial charge in [-0.25, -0.2) is 4.39 Å². The fraction of sp³-hybridized carbons (Fsp3) is 0.176. The molecule has 0 heterocycles. The summed E-state index contributed by atoms with van der Waals surface area (Å²) < 4.78 is 13.4. The van der Waals surface area contributed by atoms with Crippen molar-refractivity contribution in [2.75, 3.05) is 25.0 Å². The van der Waals surface area contributed by atoms with Crippen molar-refractivity contribution in [3.63, 3.8) is 0 Å². The van der Waals surface area contributed by atoms with Crippen molar-refractivity contribution < 1.29 is 18.9 Å². The van der Waals surface area contributed by atoms with Gasteiger partial charge in [0.25, 0.3) is 11.6 Å². The van der Waals surface area contributed by atoms with Crippen molar-refractivity contribution in [1.29, 1.82) is 0 Å². The third kappa shape index (κ3) is 5.55. The van der Waals surface area contributed by atoms with Crippen LogP contribution in [0.4, 0.5) is 15.8 Å². The van der Waals surface area contributed by atoms with Crippen molar-refractivity contribution in [2.24, 2.45) is 0 Å². The van der Waals surface area contributed by atoms with Gasteiger partial charge in [-0.15, -0.1) is 0 Å². The summed E-state index contributed by atoms with van der Waals surface area (Å²) >= 11 is 0. The predicted octanol–water partition coefficient (Wildman–Crippen LogP) is 1.69. The molecular weight excluding hydrogens is 343 g/mol. The molecule has 0 radical (unpaired) electrons. The van der Waals surface area contributed by atoms with Gasteiger partial charge < -0.3 is 16.0 Å². The zero-order valence-corrected chi connectivity index (χ0v) is 13.7. The number of benzene rings is 2. The molecule has 0 atom stereocenters. The lowest BCUT2D eigenvalue weighted by Gasteiger charge is -2.09. The van der Waals surface area contributed by atoms with Crippen LogP contribution < -0.4 is 16.0 Å². The quantitative estimate of drug-likeness (QED) is 0.377. The number of carbonyl (C=O) groups excluding carboxylic acids is 2. The van der Waals surface area contributed by atoms with Crippen molar-refractivity contribution in [3.05, 3.63) is 70.0 Å². The second kappa shape index (κ2) is 9.11. The Labute approximate surface area is 148 Å². The van der Waals surface area contributed by atoms with Crippen LogP contribution in [-0.2, 0) is 4.79 Å². The second-order valence-electron chi connectivity index (χ2n) is 5.24. The molecule has 0 aliphatic heterocycles. The van der Waals surface area contributed by atoms with Crippen molar-refractivity contribution in [1.82, 2.24) is 10.6 Å². The summed E-state index contributed by atoms with van der Waals surface area (Å²) in [7, 11) is 0. The zero-order valence-electron chi connectivity index (χ0n) is 13.7. The summed E-state index contributed by atoms with van der Waals surface area (Å²) in [5.41, 5.74) is 0.548. The maximum absolute atomic E-state index is 13.4. The molecule has 2 rings (SSSR count). The highest BCUT2D eigenvalue weighted by Crippen LogP contribution is 2.14. The first-order chi connectivity index (χ1) is 12.5. The number of hydrogen-bond acceptors (Lipinski definition) is 5. The van der Waals surface area contributed by atoms with Crippen LogP contribution in [-0.4, -0.2) is 36.4 Å². The molecular formula is C17H17FN4O4. The van der Waals surface area contributed by atoms with Crippen LogP contribution in [0.5, 0.6) is 0 Å². The molecule has 2 amide bonds. The van der Waals surface area contributed by atoms with E-state index in [4.69, 9.17) is 0 Å². The van der Waals surface area contributed by atoms with Crippen molar-refractivity contribution >= 4 is 23.2 Å². The van der Waals surface area contributed by atoms with Crippen LogP contribution in [0.25, 0.3) is 0 Å². The first-order valence-corrected chi connectivity index (χ1v) is 7.75. The summed E-state index contributed by atoms with van der Waals surface area (Å²) in [4.78, 5) is 33.5. The first kappa shape index (κ1) is 18.8. The van der Waals surface area contributed by atoms with Gasteiger partial charge in [-0.1, -0.05) is 12.1 Å². The third-order valence-corrected chi connectivity index (χ3v) is 3.38. The molecule has 0 aliphatic carbocycles. The molecule has 0 aliphatic rings. The number of rotatable bonds is 8. The maximum atomic E-state index is 13.4. The number of nitro benzene ring substituents is 1. The Bertz CT molecular complexity index is 796. The van der Waals surface area contributed by atoms with Gasteiger partial charge in [-0.2, -0.15) is 0 Å². The largest absolute Gasteiger partial charge is 0.383 e. The number of anilines is 1. The molecule has 0 spiro atoms. The van der Waals surface area contributed by atoms with Gasteiger partial charge in [0, 0.05) is 30.9 Å². The number of non-ortho nitro benzene ring substituents is 1. The topological polar surface area (TPSA) is 113 Å². The number of carbonyl (C=O) groups is 2. The van der Waals surface area contributed by atoms with Gasteiger partial charge in [0.1, 0.15) is 5.82 Å². The highest BCUT2D eigenvalue weighted by atomic mass is 19.1. The molecule has 9 heteroatoms. The summed E-state index contributed by atoms with van der Waals surface area (Å²) in [5, 5.41) is 18.5. The molecule has 0 bridgehead atoms. The number of hydrogen-bond donors (Lipinski definition) is 3. The molecule has 0 fully saturated rings. The molecule has 0 unspecified atom stereocenters. The fourth-order valence-electron chi connectivity index (χ4n) is 2.07. The molecule has 2 aromatic carbocycles. The van der Waals surface area contributed by atoms with E-state index < -0.39 is 22.6 Å². The lowest BCUT2D eigenvalue weighted by Crippen LogP contribution is -2.38. The normalized spacial score (nSPS) is 10.0. The van der Waals surface area contributed by atoms with Crippen LogP contribution in [0, 0.1) is 15.9 Å². The number of nitro groups is 1. The minimum absolute atomic E-state index is 0.00514. The number of nitrogens with zero attached hydrogens (tertiary/aromatic N) is 1. The highest BCUT2D eigenvalue weighted by molar-refractivity contribution is 5.96. The minimum Gasteiger partial charge on any atom is -0.383 e. The van der Waals surface area contributed by atoms with E-state index in [-0.39, 0.29) is 24.3 Å². The highest BCUT2D eigenvalue weighted by Gasteiger charge is 2.11. The van der Waals surface area contributed by atoms with E-state index in [2.05, 4.69) is 16.0 Å². The Morgan fingerprint density at radius 2 is 1.69 bits per heavy atom. The Hall–Kier alpha value is -3.49. The number of halogens is 1. The predicted molar refractivity (Wildman–Crippen MR) is 93.3 cm³/mol. The van der Waals surface area contributed by atoms with Crippen molar-refractivity contribution in [2.45, 2.75) is 0 Å². The van der Waals surface area contributed by atoms with Crippen LogP contribution in [0.1, 0.15) is 10.4 Å². The van der Waals surface area contributed by atoms with E-state index in [1.807, 2.05) is 0 Å². The lowest BCUT2D eigenvalue weighted by molar-refractivity contribution is -0.384. The van der Waals surface area contributed by atoms with Gasteiger partial charge >= 0.3 is 0 Å². The zero-order chi connectivity index (χ0) is 18.9. The Kier molecular flexibility index (Phi) is 6.60. The smallest absolute Gasteiger partial charge is 0.269 e. The van der Waals surface area contributed by atoms with Crippen molar-refractivity contribution in [3.8, 4) is 0 Å². The Morgan fingerprint density at radius 3 is 2.35 bits per heavy atom. The molecule has 26 heavy (non-hydrogen) atoms. The van der Waals surface area contributed by atoms with Crippen LogP contribution in [0.3, 0.4) is 0 Å². The molecule has 0 saturated heterocycles. The van der Waals surface area contributed by atoms with Crippen LogP contribution in [0.2, 0.25) is 0 Å². The summed E-state index contributed by atoms with van der Waals surface area (Å²) in [6.45, 7) is 0.404. The SMILES string of the molecule is O=C(CNC(=O)c1ccccc1F)NCCNc1ccc([N+](=O)[O-])cc1. The maximum Gasteiger partial charge on any atom is 0.269 e. The van der Waals surface area contributed by atoms with E-state index in [1.165, 1.54) is 36.4 Å². The Balaban J connectivity index is 1.66. The van der Waals surface area contributed by atoms with E-state index in [0.29, 0.717) is 12.2 Å². The van der Waals surface area contributed by atoms with Crippen LogP contribution >= 0.6 is 0 Å². The molecule has 3 N–H and O–H groups in total. The monoisotopic (exact) mass is 360 g/mol. The molecule has 136 valence electrons. The van der Waals surface area contributed by atoms with Gasteiger partial charge in [0.2, 0.25) is 5.91 Å². The van der Waals surface area contributed by atoms with E-state index in [1.54, 1.807) is 12.1 Å². The first-order valence-electron chi connectivity index (χ1n) is 7.75. The summed E-state index contributed by atoms with van der Waals surface area (Å²) in [5.74, 6) is -1.74. The lowest BCUT2D eigenvalue weighted by atomic mass is 10.2. The second-order valence-corrected chi connectivity index (χ2v) is 5.24. The minimum atomic E-state index is -0.665. The number of nitrogens with one attached hydrogen (secondary N) is 3. The molecule has 0 saturated carbocycles. The average molecular weight is 360 g/mol. The van der Waals surface area contributed by atoms with Gasteiger partial charge in [-0.3, -0.25) is 19.7 Å². The fourth-order valence-corrected chi connectivity index (χ4v) is 2.07. The molecule has 8 nitrogen and oxygen atoms in total. The van der Waals surface area contributed by atoms with E-state index in [0.717, 1.165) is 0 Å². The average Bonchev–Trinajstić information content (AvgIpc) is 2.64. The molecule has 0 aromatic heterocycles. The number of amides is 2. The van der Waals surface area contributed by atoms with E-state index in [9.17, 15) is 24.1 Å². The van der Waals surface area contributed by atoms with Gasteiger partial charge in [-0.05, 0) is 24.3 Å².